The number of hydrogen-bond donors (Lipinski definition) is 1. The molecule has 0 aliphatic carbocycles. The Morgan fingerprint density at radius 3 is 2.57 bits per heavy atom. The zero-order valence-corrected chi connectivity index (χ0v) is 13.6. The van der Waals surface area contributed by atoms with Crippen molar-refractivity contribution >= 4 is 42.4 Å². The van der Waals surface area contributed by atoms with Gasteiger partial charge in [-0.3, -0.25) is 4.79 Å². The van der Waals surface area contributed by atoms with Gasteiger partial charge in [-0.05, 0) is 41.5 Å². The van der Waals surface area contributed by atoms with E-state index >= 15 is 0 Å². The van der Waals surface area contributed by atoms with Gasteiger partial charge in [0.1, 0.15) is 0 Å². The molecule has 0 radical (unpaired) electrons. The Morgan fingerprint density at radius 1 is 1.14 bits per heavy atom. The molecule has 1 heterocycles. The summed E-state index contributed by atoms with van der Waals surface area (Å²) in [7, 11) is -2.98. The first-order valence-electron chi connectivity index (χ1n) is 6.64. The lowest BCUT2D eigenvalue weighted by Gasteiger charge is -2.11. The van der Waals surface area contributed by atoms with Crippen LogP contribution >= 0.6 is 15.9 Å². The smallest absolute Gasteiger partial charge is 0.251 e. The predicted molar refractivity (Wildman–Crippen MR) is 86.2 cm³/mol. The molecule has 1 amide bonds. The molecule has 1 fully saturated rings. The molecule has 0 spiro atoms. The minimum absolute atomic E-state index is 0.0409. The summed E-state index contributed by atoms with van der Waals surface area (Å²) < 4.78 is 23.8. The van der Waals surface area contributed by atoms with Crippen LogP contribution in [-0.4, -0.2) is 31.9 Å². The van der Waals surface area contributed by atoms with Crippen LogP contribution in [0.4, 0.5) is 0 Å². The van der Waals surface area contributed by atoms with Crippen LogP contribution in [0.2, 0.25) is 0 Å². The lowest BCUT2D eigenvalue weighted by molar-refractivity contribution is 0.0941. The zero-order valence-electron chi connectivity index (χ0n) is 11.2. The number of hydrogen-bond acceptors (Lipinski definition) is 3. The van der Waals surface area contributed by atoms with Gasteiger partial charge in [0.15, 0.2) is 9.84 Å². The standard InChI is InChI=1S/C15H14BrNO3S/c16-13-4-3-10-7-12(2-1-11(10)8-13)15(18)17-14-5-6-21(19,20)9-14/h1-4,7-8,14H,5-6,9H2,(H,17,18). The second-order valence-electron chi connectivity index (χ2n) is 5.28. The van der Waals surface area contributed by atoms with Crippen LogP contribution in [0.25, 0.3) is 10.8 Å². The molecule has 0 aromatic heterocycles. The van der Waals surface area contributed by atoms with Gasteiger partial charge in [-0.1, -0.05) is 28.1 Å². The van der Waals surface area contributed by atoms with E-state index in [2.05, 4.69) is 21.2 Å². The van der Waals surface area contributed by atoms with Crippen LogP contribution in [0.15, 0.2) is 40.9 Å². The molecular weight excluding hydrogens is 354 g/mol. The molecule has 110 valence electrons. The maximum absolute atomic E-state index is 12.2. The first kappa shape index (κ1) is 14.5. The van der Waals surface area contributed by atoms with Gasteiger partial charge in [0.25, 0.3) is 5.91 Å². The number of sulfone groups is 1. The molecule has 3 rings (SSSR count). The Labute approximate surface area is 131 Å². The van der Waals surface area contributed by atoms with Gasteiger partial charge < -0.3 is 5.32 Å². The minimum atomic E-state index is -2.98. The average Bonchev–Trinajstić information content (AvgIpc) is 2.77. The largest absolute Gasteiger partial charge is 0.348 e. The Hall–Kier alpha value is -1.40. The summed E-state index contributed by atoms with van der Waals surface area (Å²) in [6.07, 6.45) is 0.495. The summed E-state index contributed by atoms with van der Waals surface area (Å²) in [5.74, 6) is -0.0231. The molecule has 2 aromatic rings. The topological polar surface area (TPSA) is 63.2 Å². The molecule has 1 aliphatic heterocycles. The number of amides is 1. The Bertz CT molecular complexity index is 817. The van der Waals surface area contributed by atoms with Crippen LogP contribution in [0.1, 0.15) is 16.8 Å². The van der Waals surface area contributed by atoms with Crippen LogP contribution < -0.4 is 5.32 Å². The van der Waals surface area contributed by atoms with Gasteiger partial charge in [0.05, 0.1) is 11.5 Å². The molecular formula is C15H14BrNO3S. The average molecular weight is 368 g/mol. The maximum atomic E-state index is 12.2. The number of carbonyl (C=O) groups excluding carboxylic acids is 1. The van der Waals surface area contributed by atoms with E-state index in [4.69, 9.17) is 0 Å². The SMILES string of the molecule is O=C(NC1CCS(=O)(=O)C1)c1ccc2cc(Br)ccc2c1. The van der Waals surface area contributed by atoms with Crippen LogP contribution in [0, 0.1) is 0 Å². The highest BCUT2D eigenvalue weighted by molar-refractivity contribution is 9.10. The predicted octanol–water partition coefficient (Wildman–Crippen LogP) is 2.52. The fourth-order valence-electron chi connectivity index (χ4n) is 2.54. The summed E-state index contributed by atoms with van der Waals surface area (Å²) in [4.78, 5) is 12.2. The first-order chi connectivity index (χ1) is 9.93. The van der Waals surface area contributed by atoms with Crippen molar-refractivity contribution in [2.75, 3.05) is 11.5 Å². The Balaban J connectivity index is 1.80. The van der Waals surface area contributed by atoms with Crippen molar-refractivity contribution in [1.29, 1.82) is 0 Å². The quantitative estimate of drug-likeness (QED) is 0.886. The molecule has 1 N–H and O–H groups in total. The minimum Gasteiger partial charge on any atom is -0.348 e. The van der Waals surface area contributed by atoms with E-state index in [0.717, 1.165) is 15.2 Å². The highest BCUT2D eigenvalue weighted by Gasteiger charge is 2.29. The molecule has 4 nitrogen and oxygen atoms in total. The Morgan fingerprint density at radius 2 is 1.86 bits per heavy atom. The van der Waals surface area contributed by atoms with Crippen LogP contribution in [0.3, 0.4) is 0 Å². The van der Waals surface area contributed by atoms with Crippen LogP contribution in [-0.2, 0) is 9.84 Å². The summed E-state index contributed by atoms with van der Waals surface area (Å²) in [5, 5.41) is 4.82. The molecule has 0 bridgehead atoms. The number of rotatable bonds is 2. The third-order valence-electron chi connectivity index (χ3n) is 3.63. The number of benzene rings is 2. The fraction of sp³-hybridized carbons (Fsp3) is 0.267. The molecule has 2 aromatic carbocycles. The highest BCUT2D eigenvalue weighted by atomic mass is 79.9. The van der Waals surface area contributed by atoms with Gasteiger partial charge in [0.2, 0.25) is 0 Å². The van der Waals surface area contributed by atoms with E-state index in [0.29, 0.717) is 12.0 Å². The normalized spacial score (nSPS) is 20.5. The lowest BCUT2D eigenvalue weighted by Crippen LogP contribution is -2.35. The number of carbonyl (C=O) groups is 1. The van der Waals surface area contributed by atoms with Crippen molar-refractivity contribution in [2.45, 2.75) is 12.5 Å². The number of fused-ring (bicyclic) bond motifs is 1. The van der Waals surface area contributed by atoms with Crippen molar-refractivity contribution in [2.24, 2.45) is 0 Å². The van der Waals surface area contributed by atoms with Crippen LogP contribution in [0.5, 0.6) is 0 Å². The molecule has 6 heteroatoms. The molecule has 0 saturated carbocycles. The summed E-state index contributed by atoms with van der Waals surface area (Å²) in [6.45, 7) is 0. The van der Waals surface area contributed by atoms with E-state index < -0.39 is 9.84 Å². The second-order valence-corrected chi connectivity index (χ2v) is 8.42. The van der Waals surface area contributed by atoms with Crippen molar-refractivity contribution < 1.29 is 13.2 Å². The monoisotopic (exact) mass is 367 g/mol. The van der Waals surface area contributed by atoms with E-state index in [-0.39, 0.29) is 23.5 Å². The molecule has 21 heavy (non-hydrogen) atoms. The molecule has 1 atom stereocenters. The summed E-state index contributed by atoms with van der Waals surface area (Å²) >= 11 is 3.41. The lowest BCUT2D eigenvalue weighted by atomic mass is 10.1. The van der Waals surface area contributed by atoms with Gasteiger partial charge in [-0.2, -0.15) is 0 Å². The van der Waals surface area contributed by atoms with Gasteiger partial charge in [0, 0.05) is 16.1 Å². The van der Waals surface area contributed by atoms with Gasteiger partial charge in [-0.15, -0.1) is 0 Å². The second kappa shape index (κ2) is 5.42. The molecule has 1 unspecified atom stereocenters. The summed E-state index contributed by atoms with van der Waals surface area (Å²) in [5.41, 5.74) is 0.550. The summed E-state index contributed by atoms with van der Waals surface area (Å²) in [6, 6.07) is 11.0. The first-order valence-corrected chi connectivity index (χ1v) is 9.25. The van der Waals surface area contributed by atoms with Gasteiger partial charge in [-0.25, -0.2) is 8.42 Å². The van der Waals surface area contributed by atoms with E-state index in [1.165, 1.54) is 0 Å². The van der Waals surface area contributed by atoms with Crippen molar-refractivity contribution in [3.8, 4) is 0 Å². The molecule has 1 aliphatic rings. The number of nitrogens with one attached hydrogen (secondary N) is 1. The third-order valence-corrected chi connectivity index (χ3v) is 5.89. The van der Waals surface area contributed by atoms with Gasteiger partial charge >= 0.3 is 0 Å². The van der Waals surface area contributed by atoms with E-state index in [9.17, 15) is 13.2 Å². The highest BCUT2D eigenvalue weighted by Crippen LogP contribution is 2.21. The van der Waals surface area contributed by atoms with E-state index in [1.54, 1.807) is 6.07 Å². The zero-order chi connectivity index (χ0) is 15.0. The third kappa shape index (κ3) is 3.27. The maximum Gasteiger partial charge on any atom is 0.251 e. The van der Waals surface area contributed by atoms with Crippen molar-refractivity contribution in [1.82, 2.24) is 5.32 Å². The number of halogens is 1. The van der Waals surface area contributed by atoms with Crippen molar-refractivity contribution in [3.63, 3.8) is 0 Å². The Kier molecular flexibility index (Phi) is 3.75. The van der Waals surface area contributed by atoms with E-state index in [1.807, 2.05) is 30.3 Å². The van der Waals surface area contributed by atoms with Crippen molar-refractivity contribution in [3.05, 3.63) is 46.4 Å². The fourth-order valence-corrected chi connectivity index (χ4v) is 4.59. The molecule has 1 saturated heterocycles.